The number of benzene rings is 2. The van der Waals surface area contributed by atoms with Crippen molar-refractivity contribution >= 4 is 16.6 Å². The van der Waals surface area contributed by atoms with E-state index >= 15 is 0 Å². The minimum atomic E-state index is -0.211. The first-order valence-corrected chi connectivity index (χ1v) is 9.54. The molecular weight excluding hydrogens is 348 g/mol. The van der Waals surface area contributed by atoms with Gasteiger partial charge in [0.1, 0.15) is 0 Å². The van der Waals surface area contributed by atoms with Crippen molar-refractivity contribution < 1.29 is 5.11 Å². The van der Waals surface area contributed by atoms with Crippen LogP contribution in [0.2, 0.25) is 0 Å². The molecule has 0 spiro atoms. The summed E-state index contributed by atoms with van der Waals surface area (Å²) in [6.07, 6.45) is 5.34. The molecule has 2 aromatic carbocycles. The van der Waals surface area contributed by atoms with E-state index in [-0.39, 0.29) is 6.10 Å². The van der Waals surface area contributed by atoms with E-state index in [1.807, 2.05) is 25.1 Å². The molecule has 28 heavy (non-hydrogen) atoms. The molecular formula is C23H22N4O. The Morgan fingerprint density at radius 1 is 1.04 bits per heavy atom. The molecule has 1 saturated carbocycles. The smallest absolute Gasteiger partial charge is 0.0994 e. The predicted octanol–water partition coefficient (Wildman–Crippen LogP) is 4.42. The van der Waals surface area contributed by atoms with Crippen molar-refractivity contribution in [2.24, 2.45) is 0 Å². The molecule has 0 bridgehead atoms. The van der Waals surface area contributed by atoms with Gasteiger partial charge >= 0.3 is 0 Å². The Hall–Kier alpha value is -3.28. The normalized spacial score (nSPS) is 19.3. The summed E-state index contributed by atoms with van der Waals surface area (Å²) in [5.41, 5.74) is 11.6. The summed E-state index contributed by atoms with van der Waals surface area (Å²) in [6.45, 7) is 1.95. The summed E-state index contributed by atoms with van der Waals surface area (Å²) >= 11 is 0. The lowest BCUT2D eigenvalue weighted by atomic mass is 9.93. The molecule has 0 amide bonds. The third kappa shape index (κ3) is 3.11. The van der Waals surface area contributed by atoms with Gasteiger partial charge in [-0.1, -0.05) is 0 Å². The van der Waals surface area contributed by atoms with Crippen LogP contribution in [0.3, 0.4) is 0 Å². The van der Waals surface area contributed by atoms with Gasteiger partial charge in [0.05, 0.1) is 29.4 Å². The van der Waals surface area contributed by atoms with Crippen molar-refractivity contribution in [3.63, 3.8) is 0 Å². The number of nitrogens with two attached hydrogens (primary N) is 1. The van der Waals surface area contributed by atoms with E-state index in [0.717, 1.165) is 53.3 Å². The molecule has 1 aliphatic rings. The van der Waals surface area contributed by atoms with Crippen LogP contribution in [0.4, 0.5) is 5.69 Å². The molecule has 0 atom stereocenters. The van der Waals surface area contributed by atoms with Gasteiger partial charge in [0.25, 0.3) is 0 Å². The number of nitrogen functional groups attached to an aromatic ring is 1. The number of aliphatic hydroxyl groups excluding tert-OH is 1. The van der Waals surface area contributed by atoms with Gasteiger partial charge in [-0.3, -0.25) is 0 Å². The lowest BCUT2D eigenvalue weighted by Crippen LogP contribution is -2.20. The second-order valence-electron chi connectivity index (χ2n) is 7.66. The molecule has 140 valence electrons. The predicted molar refractivity (Wildman–Crippen MR) is 109 cm³/mol. The average molecular weight is 370 g/mol. The SMILES string of the molecule is Cc1cc2c(cc1C#N)c(-c1cc(N)cc(C#N)c1)cn2C1CCC(O)CC1. The van der Waals surface area contributed by atoms with Gasteiger partial charge in [-0.05, 0) is 74.1 Å². The number of aromatic nitrogens is 1. The van der Waals surface area contributed by atoms with Crippen molar-refractivity contribution in [2.45, 2.75) is 44.8 Å². The first kappa shape index (κ1) is 18.1. The molecule has 0 unspecified atom stereocenters. The average Bonchev–Trinajstić information content (AvgIpc) is 3.05. The largest absolute Gasteiger partial charge is 0.399 e. The van der Waals surface area contributed by atoms with Gasteiger partial charge < -0.3 is 15.4 Å². The number of rotatable bonds is 2. The number of fused-ring (bicyclic) bond motifs is 1. The molecule has 0 saturated heterocycles. The van der Waals surface area contributed by atoms with Crippen LogP contribution in [0.15, 0.2) is 36.5 Å². The van der Waals surface area contributed by atoms with Gasteiger partial charge in [0.15, 0.2) is 0 Å². The second-order valence-corrected chi connectivity index (χ2v) is 7.66. The topological polar surface area (TPSA) is 98.8 Å². The number of nitrogens with zero attached hydrogens (tertiary/aromatic N) is 3. The number of aryl methyl sites for hydroxylation is 1. The van der Waals surface area contributed by atoms with Crippen LogP contribution >= 0.6 is 0 Å². The van der Waals surface area contributed by atoms with E-state index < -0.39 is 0 Å². The minimum Gasteiger partial charge on any atom is -0.399 e. The highest BCUT2D eigenvalue weighted by molar-refractivity contribution is 5.98. The first-order valence-electron chi connectivity index (χ1n) is 9.54. The number of aliphatic hydroxyl groups is 1. The highest BCUT2D eigenvalue weighted by atomic mass is 16.3. The minimum absolute atomic E-state index is 0.211. The molecule has 5 nitrogen and oxygen atoms in total. The Morgan fingerprint density at radius 3 is 2.46 bits per heavy atom. The summed E-state index contributed by atoms with van der Waals surface area (Å²) < 4.78 is 2.28. The molecule has 0 radical (unpaired) electrons. The molecule has 4 rings (SSSR count). The van der Waals surface area contributed by atoms with Crippen LogP contribution in [0.5, 0.6) is 0 Å². The lowest BCUT2D eigenvalue weighted by molar-refractivity contribution is 0.111. The van der Waals surface area contributed by atoms with Crippen LogP contribution in [0.1, 0.15) is 48.4 Å². The molecule has 1 aliphatic carbocycles. The summed E-state index contributed by atoms with van der Waals surface area (Å²) in [5.74, 6) is 0. The highest BCUT2D eigenvalue weighted by Crippen LogP contribution is 2.39. The van der Waals surface area contributed by atoms with Crippen LogP contribution in [0.25, 0.3) is 22.0 Å². The maximum Gasteiger partial charge on any atom is 0.0994 e. The molecule has 5 heteroatoms. The number of anilines is 1. The first-order chi connectivity index (χ1) is 13.5. The van der Waals surface area contributed by atoms with E-state index in [0.29, 0.717) is 22.9 Å². The fraction of sp³-hybridized carbons (Fsp3) is 0.304. The molecule has 3 N–H and O–H groups in total. The van der Waals surface area contributed by atoms with E-state index in [4.69, 9.17) is 5.73 Å². The second kappa shape index (κ2) is 7.03. The standard InChI is InChI=1S/C23H22N4O/c1-14-6-23-21(10-17(14)12-25)22(16-7-15(11-24)8-18(26)9-16)13-27(23)19-2-4-20(28)5-3-19/h6-10,13,19-20,28H,2-5,26H2,1H3. The Morgan fingerprint density at radius 2 is 1.79 bits per heavy atom. The maximum absolute atomic E-state index is 9.88. The molecule has 3 aromatic rings. The Kier molecular flexibility index (Phi) is 4.55. The zero-order valence-corrected chi connectivity index (χ0v) is 15.8. The lowest BCUT2D eigenvalue weighted by Gasteiger charge is -2.27. The third-order valence-corrected chi connectivity index (χ3v) is 5.75. The van der Waals surface area contributed by atoms with Crippen LogP contribution in [-0.2, 0) is 0 Å². The van der Waals surface area contributed by atoms with Crippen LogP contribution in [-0.4, -0.2) is 15.8 Å². The quantitative estimate of drug-likeness (QED) is 0.652. The molecule has 1 aromatic heterocycles. The van der Waals surface area contributed by atoms with E-state index in [1.165, 1.54) is 0 Å². The Bertz CT molecular complexity index is 1140. The number of nitriles is 2. The number of hydrogen-bond acceptors (Lipinski definition) is 4. The van der Waals surface area contributed by atoms with Crippen molar-refractivity contribution in [1.82, 2.24) is 4.57 Å². The summed E-state index contributed by atoms with van der Waals surface area (Å²) in [7, 11) is 0. The van der Waals surface area contributed by atoms with Gasteiger partial charge in [-0.25, -0.2) is 0 Å². The third-order valence-electron chi connectivity index (χ3n) is 5.75. The summed E-state index contributed by atoms with van der Waals surface area (Å²) in [6, 6.07) is 14.1. The molecule has 1 heterocycles. The van der Waals surface area contributed by atoms with Gasteiger partial charge in [-0.2, -0.15) is 10.5 Å². The molecule has 1 fully saturated rings. The van der Waals surface area contributed by atoms with Crippen molar-refractivity contribution in [3.05, 3.63) is 53.2 Å². The maximum atomic E-state index is 9.88. The zero-order valence-electron chi connectivity index (χ0n) is 15.8. The van der Waals surface area contributed by atoms with Gasteiger partial charge in [0, 0.05) is 34.4 Å². The van der Waals surface area contributed by atoms with E-state index in [1.54, 1.807) is 6.07 Å². The van der Waals surface area contributed by atoms with Crippen LogP contribution in [0, 0.1) is 29.6 Å². The van der Waals surface area contributed by atoms with Gasteiger partial charge in [0.2, 0.25) is 0 Å². The van der Waals surface area contributed by atoms with Crippen LogP contribution < -0.4 is 5.73 Å². The Labute approximate surface area is 164 Å². The van der Waals surface area contributed by atoms with Crippen molar-refractivity contribution in [1.29, 1.82) is 10.5 Å². The van der Waals surface area contributed by atoms with E-state index in [9.17, 15) is 15.6 Å². The summed E-state index contributed by atoms with van der Waals surface area (Å²) in [5, 5.41) is 29.7. The van der Waals surface area contributed by atoms with E-state index in [2.05, 4.69) is 29.0 Å². The summed E-state index contributed by atoms with van der Waals surface area (Å²) in [4.78, 5) is 0. The van der Waals surface area contributed by atoms with Crippen molar-refractivity contribution in [2.75, 3.05) is 5.73 Å². The molecule has 0 aliphatic heterocycles. The Balaban J connectivity index is 1.95. The fourth-order valence-corrected chi connectivity index (χ4v) is 4.26. The van der Waals surface area contributed by atoms with Crippen molar-refractivity contribution in [3.8, 4) is 23.3 Å². The monoisotopic (exact) mass is 370 g/mol. The number of hydrogen-bond donors (Lipinski definition) is 2. The zero-order chi connectivity index (χ0) is 19.8. The van der Waals surface area contributed by atoms with Gasteiger partial charge in [-0.15, -0.1) is 0 Å². The highest BCUT2D eigenvalue weighted by Gasteiger charge is 2.24. The fourth-order valence-electron chi connectivity index (χ4n) is 4.26.